The van der Waals surface area contributed by atoms with E-state index in [0.29, 0.717) is 0 Å². The quantitative estimate of drug-likeness (QED) is 0.728. The minimum atomic E-state index is 0.119. The molecule has 1 rings (SSSR count). The first-order valence-corrected chi connectivity index (χ1v) is 3.97. The molecule has 0 saturated heterocycles. The lowest BCUT2D eigenvalue weighted by molar-refractivity contribution is 0.405. The molecular formula is C9H14N2O. The van der Waals surface area contributed by atoms with E-state index < -0.39 is 0 Å². The van der Waals surface area contributed by atoms with Crippen molar-refractivity contribution < 1.29 is 4.74 Å². The number of ether oxygens (including phenoxy) is 1. The van der Waals surface area contributed by atoms with Crippen molar-refractivity contribution in [3.05, 3.63) is 24.0 Å². The van der Waals surface area contributed by atoms with Gasteiger partial charge in [-0.3, -0.25) is 4.98 Å². The summed E-state index contributed by atoms with van der Waals surface area (Å²) in [4.78, 5) is 4.18. The van der Waals surface area contributed by atoms with Crippen LogP contribution in [0.3, 0.4) is 0 Å². The van der Waals surface area contributed by atoms with E-state index in [4.69, 9.17) is 10.5 Å². The first kappa shape index (κ1) is 9.00. The second-order valence-corrected chi connectivity index (χ2v) is 2.83. The van der Waals surface area contributed by atoms with E-state index in [0.717, 1.165) is 17.9 Å². The van der Waals surface area contributed by atoms with Crippen LogP contribution in [0.4, 0.5) is 0 Å². The van der Waals surface area contributed by atoms with Crippen molar-refractivity contribution in [2.45, 2.75) is 19.4 Å². The van der Waals surface area contributed by atoms with E-state index in [-0.39, 0.29) is 6.04 Å². The average molecular weight is 166 g/mol. The molecule has 3 nitrogen and oxygen atoms in total. The number of aromatic nitrogens is 1. The van der Waals surface area contributed by atoms with Gasteiger partial charge in [0.1, 0.15) is 5.75 Å². The minimum absolute atomic E-state index is 0.119. The van der Waals surface area contributed by atoms with Gasteiger partial charge in [-0.25, -0.2) is 0 Å². The summed E-state index contributed by atoms with van der Waals surface area (Å²) in [5.41, 5.74) is 6.58. The van der Waals surface area contributed by atoms with Gasteiger partial charge in [-0.15, -0.1) is 0 Å². The Morgan fingerprint density at radius 1 is 1.67 bits per heavy atom. The molecule has 1 aromatic heterocycles. The molecule has 66 valence electrons. The van der Waals surface area contributed by atoms with Crippen LogP contribution in [-0.2, 0) is 6.42 Å². The number of hydrogen-bond donors (Lipinski definition) is 1. The Morgan fingerprint density at radius 3 is 3.00 bits per heavy atom. The van der Waals surface area contributed by atoms with Crippen molar-refractivity contribution in [3.8, 4) is 5.75 Å². The van der Waals surface area contributed by atoms with Crippen molar-refractivity contribution in [3.63, 3.8) is 0 Å². The molecular weight excluding hydrogens is 152 g/mol. The van der Waals surface area contributed by atoms with Gasteiger partial charge in [0.05, 0.1) is 12.8 Å². The fourth-order valence-electron chi connectivity index (χ4n) is 1.07. The maximum Gasteiger partial charge on any atom is 0.140 e. The summed E-state index contributed by atoms with van der Waals surface area (Å²) in [6, 6.07) is 3.86. The van der Waals surface area contributed by atoms with Gasteiger partial charge in [-0.1, -0.05) is 0 Å². The third-order valence-corrected chi connectivity index (χ3v) is 1.58. The van der Waals surface area contributed by atoms with Crippen molar-refractivity contribution in [1.29, 1.82) is 0 Å². The zero-order chi connectivity index (χ0) is 8.97. The standard InChI is InChI=1S/C9H14N2O/c1-7(10)6-8-9(12-2)4-3-5-11-8/h3-5,7H,6,10H2,1-2H3/t7-/m0/s1. The van der Waals surface area contributed by atoms with E-state index in [2.05, 4.69) is 4.98 Å². The molecule has 0 aliphatic heterocycles. The number of rotatable bonds is 3. The lowest BCUT2D eigenvalue weighted by atomic mass is 10.1. The zero-order valence-electron chi connectivity index (χ0n) is 7.45. The molecule has 3 heteroatoms. The van der Waals surface area contributed by atoms with Gasteiger partial charge >= 0.3 is 0 Å². The maximum atomic E-state index is 5.65. The number of hydrogen-bond acceptors (Lipinski definition) is 3. The molecule has 1 heterocycles. The van der Waals surface area contributed by atoms with Crippen LogP contribution in [0.5, 0.6) is 5.75 Å². The lowest BCUT2D eigenvalue weighted by Gasteiger charge is -2.08. The molecule has 0 fully saturated rings. The minimum Gasteiger partial charge on any atom is -0.495 e. The van der Waals surface area contributed by atoms with Crippen LogP contribution >= 0.6 is 0 Å². The smallest absolute Gasteiger partial charge is 0.140 e. The summed E-state index contributed by atoms with van der Waals surface area (Å²) in [5.74, 6) is 0.815. The second kappa shape index (κ2) is 4.07. The van der Waals surface area contributed by atoms with Gasteiger partial charge in [-0.05, 0) is 19.1 Å². The fraction of sp³-hybridized carbons (Fsp3) is 0.444. The zero-order valence-corrected chi connectivity index (χ0v) is 7.45. The van der Waals surface area contributed by atoms with Crippen LogP contribution in [0, 0.1) is 0 Å². The number of methoxy groups -OCH3 is 1. The van der Waals surface area contributed by atoms with Crippen LogP contribution in [0.2, 0.25) is 0 Å². The third kappa shape index (κ3) is 2.20. The van der Waals surface area contributed by atoms with Crippen LogP contribution < -0.4 is 10.5 Å². The summed E-state index contributed by atoms with van der Waals surface area (Å²) in [7, 11) is 1.64. The highest BCUT2D eigenvalue weighted by molar-refractivity contribution is 5.27. The highest BCUT2D eigenvalue weighted by Crippen LogP contribution is 2.15. The van der Waals surface area contributed by atoms with E-state index >= 15 is 0 Å². The van der Waals surface area contributed by atoms with Gasteiger partial charge in [0, 0.05) is 18.7 Å². The van der Waals surface area contributed by atoms with Crippen molar-refractivity contribution in [2.24, 2.45) is 5.73 Å². The van der Waals surface area contributed by atoms with Crippen molar-refractivity contribution >= 4 is 0 Å². The topological polar surface area (TPSA) is 48.1 Å². The summed E-state index contributed by atoms with van der Waals surface area (Å²) in [5, 5.41) is 0. The Labute approximate surface area is 72.6 Å². The molecule has 0 aromatic carbocycles. The average Bonchev–Trinajstić information content (AvgIpc) is 2.04. The first-order chi connectivity index (χ1) is 5.74. The van der Waals surface area contributed by atoms with E-state index in [1.54, 1.807) is 13.3 Å². The number of nitrogens with two attached hydrogens (primary N) is 1. The van der Waals surface area contributed by atoms with Crippen LogP contribution in [0.1, 0.15) is 12.6 Å². The van der Waals surface area contributed by atoms with E-state index in [1.807, 2.05) is 19.1 Å². The lowest BCUT2D eigenvalue weighted by Crippen LogP contribution is -2.18. The van der Waals surface area contributed by atoms with Gasteiger partial charge in [0.2, 0.25) is 0 Å². The Morgan fingerprint density at radius 2 is 2.42 bits per heavy atom. The molecule has 0 radical (unpaired) electrons. The Bertz CT molecular complexity index is 248. The largest absolute Gasteiger partial charge is 0.495 e. The van der Waals surface area contributed by atoms with Crippen molar-refractivity contribution in [2.75, 3.05) is 7.11 Å². The molecule has 0 bridgehead atoms. The second-order valence-electron chi connectivity index (χ2n) is 2.83. The van der Waals surface area contributed by atoms with Crippen molar-refractivity contribution in [1.82, 2.24) is 4.98 Å². The molecule has 0 spiro atoms. The molecule has 0 amide bonds. The Hall–Kier alpha value is -1.09. The van der Waals surface area contributed by atoms with E-state index in [1.165, 1.54) is 0 Å². The van der Waals surface area contributed by atoms with E-state index in [9.17, 15) is 0 Å². The van der Waals surface area contributed by atoms with Gasteiger partial charge in [0.15, 0.2) is 0 Å². The molecule has 2 N–H and O–H groups in total. The number of nitrogens with zero attached hydrogens (tertiary/aromatic N) is 1. The van der Waals surface area contributed by atoms with Crippen LogP contribution in [0.25, 0.3) is 0 Å². The molecule has 0 aliphatic carbocycles. The van der Waals surface area contributed by atoms with Gasteiger partial charge < -0.3 is 10.5 Å². The highest BCUT2D eigenvalue weighted by Gasteiger charge is 2.04. The normalized spacial score (nSPS) is 12.6. The monoisotopic (exact) mass is 166 g/mol. The van der Waals surface area contributed by atoms with Gasteiger partial charge in [-0.2, -0.15) is 0 Å². The first-order valence-electron chi connectivity index (χ1n) is 3.97. The predicted molar refractivity (Wildman–Crippen MR) is 48.1 cm³/mol. The predicted octanol–water partition coefficient (Wildman–Crippen LogP) is 0.980. The molecule has 0 unspecified atom stereocenters. The fourth-order valence-corrected chi connectivity index (χ4v) is 1.07. The molecule has 1 atom stereocenters. The summed E-state index contributed by atoms with van der Waals surface area (Å²) in [6.07, 6.45) is 2.50. The molecule has 12 heavy (non-hydrogen) atoms. The number of pyridine rings is 1. The molecule has 0 aliphatic rings. The summed E-state index contributed by atoms with van der Waals surface area (Å²) >= 11 is 0. The summed E-state index contributed by atoms with van der Waals surface area (Å²) in [6.45, 7) is 1.95. The molecule has 0 saturated carbocycles. The molecule has 1 aromatic rings. The SMILES string of the molecule is COc1cccnc1C[C@H](C)N. The van der Waals surface area contributed by atoms with Crippen LogP contribution in [0.15, 0.2) is 18.3 Å². The maximum absolute atomic E-state index is 5.65. The van der Waals surface area contributed by atoms with Gasteiger partial charge in [0.25, 0.3) is 0 Å². The Balaban J connectivity index is 2.82. The Kier molecular flexibility index (Phi) is 3.05. The third-order valence-electron chi connectivity index (χ3n) is 1.58. The van der Waals surface area contributed by atoms with Crippen LogP contribution in [-0.4, -0.2) is 18.1 Å². The highest BCUT2D eigenvalue weighted by atomic mass is 16.5. The summed E-state index contributed by atoms with van der Waals surface area (Å²) < 4.78 is 5.13.